The average molecular weight is 266 g/mol. The highest BCUT2D eigenvalue weighted by molar-refractivity contribution is 5.50. The molecule has 6 heteroatoms. The van der Waals surface area contributed by atoms with Crippen molar-refractivity contribution >= 4 is 5.69 Å². The van der Waals surface area contributed by atoms with E-state index in [1.165, 1.54) is 13.2 Å². The standard InChI is InChI=1S/C13H18N2O4/c1-18-10-5-6-12(15(16)17)13(8-10)19-11-4-2-3-9(14)7-11/h5-6,8-9,11H,2-4,7,14H2,1H3. The van der Waals surface area contributed by atoms with E-state index in [-0.39, 0.29) is 23.6 Å². The maximum Gasteiger partial charge on any atom is 0.311 e. The van der Waals surface area contributed by atoms with Crippen molar-refractivity contribution in [1.29, 1.82) is 0 Å². The second kappa shape index (κ2) is 5.88. The van der Waals surface area contributed by atoms with E-state index >= 15 is 0 Å². The molecule has 2 unspecified atom stereocenters. The van der Waals surface area contributed by atoms with Crippen LogP contribution in [0.25, 0.3) is 0 Å². The maximum atomic E-state index is 11.0. The fourth-order valence-corrected chi connectivity index (χ4v) is 2.33. The van der Waals surface area contributed by atoms with Gasteiger partial charge in [0.05, 0.1) is 12.0 Å². The first-order valence-electron chi connectivity index (χ1n) is 6.35. The first-order chi connectivity index (χ1) is 9.10. The zero-order valence-electron chi connectivity index (χ0n) is 10.9. The van der Waals surface area contributed by atoms with Gasteiger partial charge in [-0.3, -0.25) is 10.1 Å². The third kappa shape index (κ3) is 3.35. The van der Waals surface area contributed by atoms with Gasteiger partial charge in [0.2, 0.25) is 5.75 Å². The van der Waals surface area contributed by atoms with E-state index in [2.05, 4.69) is 0 Å². The third-order valence-corrected chi connectivity index (χ3v) is 3.32. The largest absolute Gasteiger partial charge is 0.497 e. The van der Waals surface area contributed by atoms with Crippen LogP contribution in [0.15, 0.2) is 18.2 Å². The van der Waals surface area contributed by atoms with Crippen molar-refractivity contribution in [3.8, 4) is 11.5 Å². The monoisotopic (exact) mass is 266 g/mol. The highest BCUT2D eigenvalue weighted by atomic mass is 16.6. The van der Waals surface area contributed by atoms with Crippen molar-refractivity contribution in [1.82, 2.24) is 0 Å². The van der Waals surface area contributed by atoms with Crippen LogP contribution in [0, 0.1) is 10.1 Å². The topological polar surface area (TPSA) is 87.6 Å². The van der Waals surface area contributed by atoms with Gasteiger partial charge in [0.25, 0.3) is 0 Å². The molecule has 1 aromatic carbocycles. The lowest BCUT2D eigenvalue weighted by atomic mass is 9.93. The highest BCUT2D eigenvalue weighted by Gasteiger charge is 2.24. The molecule has 0 saturated heterocycles. The molecule has 1 aliphatic carbocycles. The molecular formula is C13H18N2O4. The average Bonchev–Trinajstić information content (AvgIpc) is 2.38. The summed E-state index contributed by atoms with van der Waals surface area (Å²) < 4.78 is 10.8. The van der Waals surface area contributed by atoms with E-state index in [4.69, 9.17) is 15.2 Å². The lowest BCUT2D eigenvalue weighted by Gasteiger charge is -2.27. The Bertz CT molecular complexity index is 464. The van der Waals surface area contributed by atoms with Gasteiger partial charge in [-0.05, 0) is 31.7 Å². The minimum Gasteiger partial charge on any atom is -0.497 e. The van der Waals surface area contributed by atoms with Crippen LogP contribution in [0.1, 0.15) is 25.7 Å². The lowest BCUT2D eigenvalue weighted by Crippen LogP contribution is -2.33. The smallest absolute Gasteiger partial charge is 0.311 e. The molecular weight excluding hydrogens is 248 g/mol. The van der Waals surface area contributed by atoms with Crippen LogP contribution in [-0.2, 0) is 0 Å². The van der Waals surface area contributed by atoms with E-state index in [1.54, 1.807) is 12.1 Å². The minimum atomic E-state index is -0.447. The number of nitrogens with two attached hydrogens (primary N) is 1. The number of ether oxygens (including phenoxy) is 2. The summed E-state index contributed by atoms with van der Waals surface area (Å²) in [4.78, 5) is 10.5. The Labute approximate surface area is 111 Å². The van der Waals surface area contributed by atoms with Crippen molar-refractivity contribution in [2.75, 3.05) is 7.11 Å². The van der Waals surface area contributed by atoms with Crippen molar-refractivity contribution in [3.05, 3.63) is 28.3 Å². The van der Waals surface area contributed by atoms with Crippen LogP contribution in [0.5, 0.6) is 11.5 Å². The van der Waals surface area contributed by atoms with Crippen molar-refractivity contribution in [2.24, 2.45) is 5.73 Å². The summed E-state index contributed by atoms with van der Waals surface area (Å²) in [6.45, 7) is 0. The van der Waals surface area contributed by atoms with Crippen LogP contribution in [-0.4, -0.2) is 24.2 Å². The van der Waals surface area contributed by atoms with E-state index in [1.807, 2.05) is 0 Å². The van der Waals surface area contributed by atoms with E-state index in [0.29, 0.717) is 5.75 Å². The molecule has 2 N–H and O–H groups in total. The molecule has 0 radical (unpaired) electrons. The number of methoxy groups -OCH3 is 1. The van der Waals surface area contributed by atoms with Crippen LogP contribution in [0.4, 0.5) is 5.69 Å². The molecule has 0 amide bonds. The Kier molecular flexibility index (Phi) is 4.21. The second-order valence-electron chi connectivity index (χ2n) is 4.76. The zero-order valence-corrected chi connectivity index (χ0v) is 10.9. The Morgan fingerprint density at radius 1 is 1.42 bits per heavy atom. The molecule has 2 atom stereocenters. The van der Waals surface area contributed by atoms with Crippen LogP contribution >= 0.6 is 0 Å². The first-order valence-corrected chi connectivity index (χ1v) is 6.35. The molecule has 0 heterocycles. The summed E-state index contributed by atoms with van der Waals surface area (Å²) in [7, 11) is 1.52. The predicted octanol–water partition coefficient (Wildman–Crippen LogP) is 2.25. The molecule has 1 aromatic rings. The number of nitrogens with zero attached hydrogens (tertiary/aromatic N) is 1. The molecule has 2 rings (SSSR count). The van der Waals surface area contributed by atoms with Gasteiger partial charge in [0.1, 0.15) is 11.9 Å². The van der Waals surface area contributed by atoms with Crippen LogP contribution < -0.4 is 15.2 Å². The summed E-state index contributed by atoms with van der Waals surface area (Å²) in [6, 6.07) is 4.62. The van der Waals surface area contributed by atoms with Gasteiger partial charge >= 0.3 is 5.69 Å². The van der Waals surface area contributed by atoms with Crippen molar-refractivity contribution in [2.45, 2.75) is 37.8 Å². The molecule has 0 bridgehead atoms. The number of nitro groups is 1. The summed E-state index contributed by atoms with van der Waals surface area (Å²) in [6.07, 6.45) is 3.52. The SMILES string of the molecule is COc1ccc([N+](=O)[O-])c(OC2CCCC(N)C2)c1. The first kappa shape index (κ1) is 13.6. The maximum absolute atomic E-state index is 11.0. The second-order valence-corrected chi connectivity index (χ2v) is 4.76. The molecule has 0 spiro atoms. The number of rotatable bonds is 4. The quantitative estimate of drug-likeness (QED) is 0.667. The van der Waals surface area contributed by atoms with Gasteiger partial charge in [-0.15, -0.1) is 0 Å². The summed E-state index contributed by atoms with van der Waals surface area (Å²) >= 11 is 0. The predicted molar refractivity (Wildman–Crippen MR) is 70.5 cm³/mol. The summed E-state index contributed by atoms with van der Waals surface area (Å²) in [5, 5.41) is 11.0. The fourth-order valence-electron chi connectivity index (χ4n) is 2.33. The Hall–Kier alpha value is -1.82. The summed E-state index contributed by atoms with van der Waals surface area (Å²) in [5.74, 6) is 0.796. The van der Waals surface area contributed by atoms with Gasteiger partial charge in [-0.2, -0.15) is 0 Å². The number of nitro benzene ring substituents is 1. The third-order valence-electron chi connectivity index (χ3n) is 3.32. The molecule has 0 aliphatic heterocycles. The number of benzene rings is 1. The minimum absolute atomic E-state index is 0.0417. The van der Waals surface area contributed by atoms with Crippen LogP contribution in [0.3, 0.4) is 0 Å². The lowest BCUT2D eigenvalue weighted by molar-refractivity contribution is -0.386. The zero-order chi connectivity index (χ0) is 13.8. The molecule has 19 heavy (non-hydrogen) atoms. The van der Waals surface area contributed by atoms with E-state index < -0.39 is 4.92 Å². The molecule has 6 nitrogen and oxygen atoms in total. The Balaban J connectivity index is 2.19. The molecule has 1 aliphatic rings. The highest BCUT2D eigenvalue weighted by Crippen LogP contribution is 2.33. The van der Waals surface area contributed by atoms with Gasteiger partial charge < -0.3 is 15.2 Å². The van der Waals surface area contributed by atoms with Gasteiger partial charge in [-0.25, -0.2) is 0 Å². The molecule has 104 valence electrons. The summed E-state index contributed by atoms with van der Waals surface area (Å²) in [5.41, 5.74) is 5.85. The van der Waals surface area contributed by atoms with Crippen molar-refractivity contribution in [3.63, 3.8) is 0 Å². The Morgan fingerprint density at radius 2 is 2.21 bits per heavy atom. The Morgan fingerprint density at radius 3 is 2.84 bits per heavy atom. The normalized spacial score (nSPS) is 22.8. The molecule has 1 fully saturated rings. The van der Waals surface area contributed by atoms with Crippen molar-refractivity contribution < 1.29 is 14.4 Å². The van der Waals surface area contributed by atoms with Gasteiger partial charge in [0.15, 0.2) is 0 Å². The number of hydrogen-bond acceptors (Lipinski definition) is 5. The fraction of sp³-hybridized carbons (Fsp3) is 0.538. The van der Waals surface area contributed by atoms with Crippen LogP contribution in [0.2, 0.25) is 0 Å². The van der Waals surface area contributed by atoms with E-state index in [9.17, 15) is 10.1 Å². The van der Waals surface area contributed by atoms with Gasteiger partial charge in [0, 0.05) is 18.2 Å². The molecule has 1 saturated carbocycles. The van der Waals surface area contributed by atoms with E-state index in [0.717, 1.165) is 25.7 Å². The molecule has 0 aromatic heterocycles. The number of hydrogen-bond donors (Lipinski definition) is 1. The van der Waals surface area contributed by atoms with Gasteiger partial charge in [-0.1, -0.05) is 0 Å².